The molecule has 0 aliphatic rings. The van der Waals surface area contributed by atoms with Gasteiger partial charge < -0.3 is 16.2 Å². The molecule has 4 heteroatoms. The van der Waals surface area contributed by atoms with E-state index < -0.39 is 0 Å². The van der Waals surface area contributed by atoms with Gasteiger partial charge in [0.1, 0.15) is 5.75 Å². The summed E-state index contributed by atoms with van der Waals surface area (Å²) in [5.41, 5.74) is 8.04. The number of hydrogen-bond donors (Lipinski definition) is 3. The van der Waals surface area contributed by atoms with Crippen LogP contribution in [0.2, 0.25) is 0 Å². The predicted octanol–water partition coefficient (Wildman–Crippen LogP) is 2.54. The molecule has 0 fully saturated rings. The highest BCUT2D eigenvalue weighted by Crippen LogP contribution is 2.20. The summed E-state index contributed by atoms with van der Waals surface area (Å²) in [5, 5.41) is 12.0. The summed E-state index contributed by atoms with van der Waals surface area (Å²) in [7, 11) is 0. The van der Waals surface area contributed by atoms with Crippen LogP contribution in [0.1, 0.15) is 15.9 Å². The van der Waals surface area contributed by atoms with Crippen LogP contribution in [0, 0.1) is 6.92 Å². The van der Waals surface area contributed by atoms with Crippen LogP contribution in [0.3, 0.4) is 0 Å². The number of amides is 1. The molecule has 4 nitrogen and oxygen atoms in total. The molecule has 0 aliphatic heterocycles. The van der Waals surface area contributed by atoms with Crippen molar-refractivity contribution >= 4 is 17.3 Å². The minimum atomic E-state index is -0.281. The van der Waals surface area contributed by atoms with Crippen LogP contribution in [-0.2, 0) is 0 Å². The molecule has 1 amide bonds. The van der Waals surface area contributed by atoms with Crippen molar-refractivity contribution in [2.75, 3.05) is 11.1 Å². The lowest BCUT2D eigenvalue weighted by Crippen LogP contribution is -2.15. The Morgan fingerprint density at radius 3 is 2.61 bits per heavy atom. The first-order chi connectivity index (χ1) is 8.58. The van der Waals surface area contributed by atoms with Crippen molar-refractivity contribution in [2.24, 2.45) is 0 Å². The van der Waals surface area contributed by atoms with E-state index in [2.05, 4.69) is 5.32 Å². The van der Waals surface area contributed by atoms with Crippen LogP contribution in [0.5, 0.6) is 5.75 Å². The molecule has 0 radical (unpaired) electrons. The van der Waals surface area contributed by atoms with E-state index in [4.69, 9.17) is 5.73 Å². The van der Waals surface area contributed by atoms with Gasteiger partial charge in [0.15, 0.2) is 0 Å². The molecule has 0 bridgehead atoms. The summed E-state index contributed by atoms with van der Waals surface area (Å²) in [6, 6.07) is 11.7. The molecule has 0 saturated heterocycles. The van der Waals surface area contributed by atoms with Gasteiger partial charge in [0.2, 0.25) is 0 Å². The number of nitrogens with two attached hydrogens (primary N) is 1. The van der Waals surface area contributed by atoms with Crippen molar-refractivity contribution in [3.63, 3.8) is 0 Å². The number of anilines is 2. The Morgan fingerprint density at radius 2 is 1.94 bits per heavy atom. The van der Waals surface area contributed by atoms with Gasteiger partial charge in [-0.05, 0) is 30.7 Å². The zero-order valence-electron chi connectivity index (χ0n) is 9.97. The lowest BCUT2D eigenvalue weighted by molar-refractivity contribution is 0.102. The highest BCUT2D eigenvalue weighted by molar-refractivity contribution is 6.08. The van der Waals surface area contributed by atoms with Gasteiger partial charge in [0.05, 0.1) is 5.56 Å². The molecule has 4 N–H and O–H groups in total. The largest absolute Gasteiger partial charge is 0.508 e. The Labute approximate surface area is 105 Å². The number of phenols is 1. The summed E-state index contributed by atoms with van der Waals surface area (Å²) in [6.07, 6.45) is 0. The summed E-state index contributed by atoms with van der Waals surface area (Å²) in [4.78, 5) is 12.1. The van der Waals surface area contributed by atoms with Gasteiger partial charge in [-0.15, -0.1) is 0 Å². The monoisotopic (exact) mass is 242 g/mol. The van der Waals surface area contributed by atoms with Crippen molar-refractivity contribution in [3.05, 3.63) is 53.6 Å². The zero-order valence-corrected chi connectivity index (χ0v) is 9.97. The second-order valence-corrected chi connectivity index (χ2v) is 4.04. The number of aromatic hydroxyl groups is 1. The van der Waals surface area contributed by atoms with Gasteiger partial charge in [-0.25, -0.2) is 0 Å². The fourth-order valence-corrected chi connectivity index (χ4v) is 1.78. The lowest BCUT2D eigenvalue weighted by atomic mass is 10.1. The Bertz CT molecular complexity index is 574. The van der Waals surface area contributed by atoms with E-state index in [1.165, 1.54) is 12.1 Å². The molecule has 0 heterocycles. The summed E-state index contributed by atoms with van der Waals surface area (Å²) >= 11 is 0. The summed E-state index contributed by atoms with van der Waals surface area (Å²) in [6.45, 7) is 1.83. The first-order valence-electron chi connectivity index (χ1n) is 5.53. The van der Waals surface area contributed by atoms with Crippen molar-refractivity contribution in [1.82, 2.24) is 0 Å². The third kappa shape index (κ3) is 2.43. The predicted molar refractivity (Wildman–Crippen MR) is 71.7 cm³/mol. The van der Waals surface area contributed by atoms with Gasteiger partial charge in [-0.3, -0.25) is 4.79 Å². The van der Waals surface area contributed by atoms with Crippen LogP contribution in [0.15, 0.2) is 42.5 Å². The first-order valence-corrected chi connectivity index (χ1v) is 5.53. The van der Waals surface area contributed by atoms with Crippen LogP contribution in [0.25, 0.3) is 0 Å². The number of phenolic OH excluding ortho intramolecular Hbond substituents is 1. The third-order valence-electron chi connectivity index (χ3n) is 2.64. The Kier molecular flexibility index (Phi) is 3.19. The molecule has 92 valence electrons. The van der Waals surface area contributed by atoms with Crippen LogP contribution >= 0.6 is 0 Å². The number of nitrogens with one attached hydrogen (secondary N) is 1. The molecule has 0 aromatic heterocycles. The zero-order chi connectivity index (χ0) is 13.1. The fourth-order valence-electron chi connectivity index (χ4n) is 1.78. The standard InChI is InChI=1S/C14H14N2O2/c1-9-4-2-7-12(15)13(9)14(18)16-10-5-3-6-11(17)8-10/h2-8,17H,15H2,1H3,(H,16,18). The van der Waals surface area contributed by atoms with Crippen LogP contribution in [0.4, 0.5) is 11.4 Å². The molecule has 18 heavy (non-hydrogen) atoms. The summed E-state index contributed by atoms with van der Waals surface area (Å²) in [5.74, 6) is -0.179. The minimum absolute atomic E-state index is 0.102. The van der Waals surface area contributed by atoms with Crippen molar-refractivity contribution in [1.29, 1.82) is 0 Å². The maximum absolute atomic E-state index is 12.1. The topological polar surface area (TPSA) is 75.4 Å². The first kappa shape index (κ1) is 12.0. The number of rotatable bonds is 2. The number of carbonyl (C=O) groups is 1. The van der Waals surface area contributed by atoms with E-state index in [-0.39, 0.29) is 11.7 Å². The average Bonchev–Trinajstić information content (AvgIpc) is 2.28. The van der Waals surface area contributed by atoms with Gasteiger partial charge in [0, 0.05) is 17.4 Å². The smallest absolute Gasteiger partial charge is 0.258 e. The SMILES string of the molecule is Cc1cccc(N)c1C(=O)Nc1cccc(O)c1. The van der Waals surface area contributed by atoms with E-state index in [9.17, 15) is 9.90 Å². The molecule has 0 unspecified atom stereocenters. The van der Waals surface area contributed by atoms with Gasteiger partial charge in [-0.1, -0.05) is 18.2 Å². The molecule has 0 spiro atoms. The molecular weight excluding hydrogens is 228 g/mol. The molecule has 2 aromatic carbocycles. The average molecular weight is 242 g/mol. The fraction of sp³-hybridized carbons (Fsp3) is 0.0714. The Morgan fingerprint density at radius 1 is 1.22 bits per heavy atom. The molecule has 0 atom stereocenters. The van der Waals surface area contributed by atoms with E-state index in [0.717, 1.165) is 5.56 Å². The van der Waals surface area contributed by atoms with Crippen molar-refractivity contribution in [3.8, 4) is 5.75 Å². The van der Waals surface area contributed by atoms with Crippen LogP contribution in [-0.4, -0.2) is 11.0 Å². The highest BCUT2D eigenvalue weighted by Gasteiger charge is 2.12. The third-order valence-corrected chi connectivity index (χ3v) is 2.64. The van der Waals surface area contributed by atoms with Crippen molar-refractivity contribution < 1.29 is 9.90 Å². The Hall–Kier alpha value is -2.49. The summed E-state index contributed by atoms with van der Waals surface area (Å²) < 4.78 is 0. The van der Waals surface area contributed by atoms with E-state index >= 15 is 0 Å². The van der Waals surface area contributed by atoms with E-state index in [1.54, 1.807) is 24.3 Å². The molecular formula is C14H14N2O2. The lowest BCUT2D eigenvalue weighted by Gasteiger charge is -2.10. The maximum Gasteiger partial charge on any atom is 0.258 e. The molecule has 2 rings (SSSR count). The number of hydrogen-bond acceptors (Lipinski definition) is 3. The number of nitrogen functional groups attached to an aromatic ring is 1. The molecule has 0 saturated carbocycles. The molecule has 2 aromatic rings. The quantitative estimate of drug-likeness (QED) is 0.708. The van der Waals surface area contributed by atoms with Crippen molar-refractivity contribution in [2.45, 2.75) is 6.92 Å². The number of carbonyl (C=O) groups excluding carboxylic acids is 1. The van der Waals surface area contributed by atoms with E-state index in [0.29, 0.717) is 16.9 Å². The van der Waals surface area contributed by atoms with Gasteiger partial charge >= 0.3 is 0 Å². The second kappa shape index (κ2) is 4.79. The normalized spacial score (nSPS) is 10.1. The number of aryl methyl sites for hydroxylation is 1. The van der Waals surface area contributed by atoms with Gasteiger partial charge in [0.25, 0.3) is 5.91 Å². The second-order valence-electron chi connectivity index (χ2n) is 4.04. The highest BCUT2D eigenvalue weighted by atomic mass is 16.3. The maximum atomic E-state index is 12.1. The molecule has 0 aliphatic carbocycles. The van der Waals surface area contributed by atoms with E-state index in [1.807, 2.05) is 13.0 Å². The van der Waals surface area contributed by atoms with Crippen LogP contribution < -0.4 is 11.1 Å². The number of benzene rings is 2. The Balaban J connectivity index is 2.28. The van der Waals surface area contributed by atoms with Gasteiger partial charge in [-0.2, -0.15) is 0 Å². The minimum Gasteiger partial charge on any atom is -0.508 e.